The number of nitrogens with two attached hydrogens (primary N) is 1. The summed E-state index contributed by atoms with van der Waals surface area (Å²) in [6.07, 6.45) is 2.44. The molecule has 0 aromatic carbocycles. The van der Waals surface area contributed by atoms with Crippen LogP contribution in [0, 0.1) is 6.42 Å². The lowest BCUT2D eigenvalue weighted by molar-refractivity contribution is -0.133. The highest BCUT2D eigenvalue weighted by atomic mass is 16.5. The fourth-order valence-corrected chi connectivity index (χ4v) is 2.30. The van der Waals surface area contributed by atoms with Gasteiger partial charge in [-0.25, -0.2) is 0 Å². The first-order valence-corrected chi connectivity index (χ1v) is 5.66. The van der Waals surface area contributed by atoms with E-state index in [0.29, 0.717) is 19.4 Å². The lowest BCUT2D eigenvalue weighted by atomic mass is 10.1. The Kier molecular flexibility index (Phi) is 3.42. The predicted molar refractivity (Wildman–Crippen MR) is 57.6 cm³/mol. The topological polar surface area (TPSA) is 89.7 Å². The van der Waals surface area contributed by atoms with Crippen LogP contribution in [0.15, 0.2) is 0 Å². The fraction of sp³-hybridized carbons (Fsp3) is 0.636. The van der Waals surface area contributed by atoms with Gasteiger partial charge in [0.25, 0.3) is 0 Å². The summed E-state index contributed by atoms with van der Waals surface area (Å²) in [5, 5.41) is 0. The van der Waals surface area contributed by atoms with E-state index in [2.05, 4.69) is 0 Å². The third-order valence-corrected chi connectivity index (χ3v) is 3.10. The van der Waals surface area contributed by atoms with Crippen molar-refractivity contribution < 1.29 is 19.1 Å². The minimum atomic E-state index is -0.436. The van der Waals surface area contributed by atoms with Gasteiger partial charge in [-0.2, -0.15) is 0 Å². The second-order valence-electron chi connectivity index (χ2n) is 4.29. The van der Waals surface area contributed by atoms with Crippen molar-refractivity contribution in [2.75, 3.05) is 13.2 Å². The largest absolute Gasteiger partial charge is 0.370 e. The molecular weight excluding hydrogens is 224 g/mol. The monoisotopic (exact) mass is 239 g/mol. The summed E-state index contributed by atoms with van der Waals surface area (Å²) in [4.78, 5) is 35.4. The SMILES string of the molecule is NC(=O)CC[CH]C(=O)N1CCC2OCC(=O)C21. The number of primary amides is 1. The minimum absolute atomic E-state index is 0.0378. The zero-order chi connectivity index (χ0) is 12.4. The lowest BCUT2D eigenvalue weighted by Crippen LogP contribution is -2.42. The van der Waals surface area contributed by atoms with E-state index in [1.807, 2.05) is 0 Å². The van der Waals surface area contributed by atoms with Crippen LogP contribution in [0.25, 0.3) is 0 Å². The van der Waals surface area contributed by atoms with E-state index in [1.54, 1.807) is 0 Å². The molecule has 2 aliphatic heterocycles. The summed E-state index contributed by atoms with van der Waals surface area (Å²) in [7, 11) is 0. The molecule has 6 nitrogen and oxygen atoms in total. The first-order valence-electron chi connectivity index (χ1n) is 5.66. The molecule has 0 aliphatic carbocycles. The van der Waals surface area contributed by atoms with Crippen LogP contribution in [-0.2, 0) is 19.1 Å². The number of fused-ring (bicyclic) bond motifs is 1. The average Bonchev–Trinajstić information content (AvgIpc) is 2.81. The van der Waals surface area contributed by atoms with Gasteiger partial charge >= 0.3 is 0 Å². The molecule has 2 saturated heterocycles. The van der Waals surface area contributed by atoms with Gasteiger partial charge in [0.15, 0.2) is 5.78 Å². The Balaban J connectivity index is 1.87. The standard InChI is InChI=1S/C11H15N2O4/c12-9(15)2-1-3-10(16)13-5-4-8-11(13)7(14)6-17-8/h3,8,11H,1-2,4-6H2,(H2,12,15). The van der Waals surface area contributed by atoms with Gasteiger partial charge in [-0.15, -0.1) is 0 Å². The molecule has 0 aromatic heterocycles. The molecule has 2 heterocycles. The molecule has 0 bridgehead atoms. The van der Waals surface area contributed by atoms with Crippen molar-refractivity contribution in [2.24, 2.45) is 5.73 Å². The highest BCUT2D eigenvalue weighted by Crippen LogP contribution is 2.27. The molecule has 2 amide bonds. The van der Waals surface area contributed by atoms with Gasteiger partial charge in [0.05, 0.1) is 12.5 Å². The summed E-state index contributed by atoms with van der Waals surface area (Å²) < 4.78 is 5.28. The molecule has 0 aromatic rings. The maximum Gasteiger partial charge on any atom is 0.227 e. The number of carbonyl (C=O) groups excluding carboxylic acids is 3. The van der Waals surface area contributed by atoms with E-state index in [1.165, 1.54) is 11.3 Å². The molecular formula is C11H15N2O4. The van der Waals surface area contributed by atoms with E-state index >= 15 is 0 Å². The molecule has 2 rings (SSSR count). The lowest BCUT2D eigenvalue weighted by Gasteiger charge is -2.21. The number of carbonyl (C=O) groups is 3. The van der Waals surface area contributed by atoms with Crippen molar-refractivity contribution in [3.8, 4) is 0 Å². The molecule has 2 fully saturated rings. The Morgan fingerprint density at radius 2 is 2.29 bits per heavy atom. The Morgan fingerprint density at radius 3 is 3.00 bits per heavy atom. The quantitative estimate of drug-likeness (QED) is 0.683. The van der Waals surface area contributed by atoms with Crippen molar-refractivity contribution >= 4 is 17.6 Å². The first-order chi connectivity index (χ1) is 8.09. The van der Waals surface area contributed by atoms with Crippen LogP contribution in [0.1, 0.15) is 19.3 Å². The Hall–Kier alpha value is -1.43. The van der Waals surface area contributed by atoms with Crippen LogP contribution in [0.3, 0.4) is 0 Å². The van der Waals surface area contributed by atoms with Crippen molar-refractivity contribution in [1.29, 1.82) is 0 Å². The molecule has 93 valence electrons. The van der Waals surface area contributed by atoms with Crippen molar-refractivity contribution in [3.05, 3.63) is 6.42 Å². The normalized spacial score (nSPS) is 27.3. The molecule has 2 N–H and O–H groups in total. The third kappa shape index (κ3) is 2.46. The van der Waals surface area contributed by atoms with Crippen LogP contribution in [-0.4, -0.2) is 47.8 Å². The first kappa shape index (κ1) is 12.0. The molecule has 0 saturated carbocycles. The second-order valence-corrected chi connectivity index (χ2v) is 4.29. The third-order valence-electron chi connectivity index (χ3n) is 3.10. The molecule has 17 heavy (non-hydrogen) atoms. The van der Waals surface area contributed by atoms with Crippen LogP contribution in [0.5, 0.6) is 0 Å². The zero-order valence-electron chi connectivity index (χ0n) is 9.43. The number of rotatable bonds is 4. The van der Waals surface area contributed by atoms with E-state index in [4.69, 9.17) is 10.5 Å². The number of ketones is 1. The fourth-order valence-electron chi connectivity index (χ4n) is 2.30. The average molecular weight is 239 g/mol. The zero-order valence-corrected chi connectivity index (χ0v) is 9.43. The van der Waals surface area contributed by atoms with E-state index in [9.17, 15) is 14.4 Å². The van der Waals surface area contributed by atoms with Crippen molar-refractivity contribution in [2.45, 2.75) is 31.4 Å². The van der Waals surface area contributed by atoms with Gasteiger partial charge < -0.3 is 15.4 Å². The number of Topliss-reactive ketones (excluding diaryl/α,β-unsaturated/α-hetero) is 1. The number of hydrogen-bond acceptors (Lipinski definition) is 4. The number of nitrogens with zero attached hydrogens (tertiary/aromatic N) is 1. The van der Waals surface area contributed by atoms with Crippen LogP contribution in [0.4, 0.5) is 0 Å². The molecule has 6 heteroatoms. The minimum Gasteiger partial charge on any atom is -0.370 e. The number of amides is 2. The molecule has 2 aliphatic rings. The maximum atomic E-state index is 11.8. The smallest absolute Gasteiger partial charge is 0.227 e. The van der Waals surface area contributed by atoms with Crippen LogP contribution >= 0.6 is 0 Å². The number of hydrogen-bond donors (Lipinski definition) is 1. The highest BCUT2D eigenvalue weighted by molar-refractivity contribution is 5.95. The van der Waals surface area contributed by atoms with E-state index in [0.717, 1.165) is 0 Å². The molecule has 2 atom stereocenters. The Bertz CT molecular complexity index is 355. The summed E-state index contributed by atoms with van der Waals surface area (Å²) in [5.41, 5.74) is 4.98. The maximum absolute atomic E-state index is 11.8. The Morgan fingerprint density at radius 1 is 1.53 bits per heavy atom. The summed E-state index contributed by atoms with van der Waals surface area (Å²) in [5.74, 6) is -0.685. The predicted octanol–water partition coefficient (Wildman–Crippen LogP) is -0.975. The summed E-state index contributed by atoms with van der Waals surface area (Å²) in [6.45, 7) is 0.632. The Labute approximate surface area is 99.1 Å². The second kappa shape index (κ2) is 4.83. The highest BCUT2D eigenvalue weighted by Gasteiger charge is 2.46. The van der Waals surface area contributed by atoms with E-state index in [-0.39, 0.29) is 30.8 Å². The van der Waals surface area contributed by atoms with Gasteiger partial charge in [0.1, 0.15) is 12.6 Å². The number of likely N-dealkylation sites (tertiary alicyclic amines) is 1. The van der Waals surface area contributed by atoms with Gasteiger partial charge in [0.2, 0.25) is 11.8 Å². The van der Waals surface area contributed by atoms with Crippen molar-refractivity contribution in [1.82, 2.24) is 4.90 Å². The van der Waals surface area contributed by atoms with Gasteiger partial charge in [-0.05, 0) is 12.8 Å². The number of ether oxygens (including phenoxy) is 1. The van der Waals surface area contributed by atoms with Crippen LogP contribution < -0.4 is 5.73 Å². The van der Waals surface area contributed by atoms with Crippen LogP contribution in [0.2, 0.25) is 0 Å². The van der Waals surface area contributed by atoms with Crippen molar-refractivity contribution in [3.63, 3.8) is 0 Å². The van der Waals surface area contributed by atoms with Gasteiger partial charge in [-0.3, -0.25) is 14.4 Å². The summed E-state index contributed by atoms with van der Waals surface area (Å²) in [6, 6.07) is -0.424. The van der Waals surface area contributed by atoms with Gasteiger partial charge in [0, 0.05) is 13.0 Å². The molecule has 2 unspecified atom stereocenters. The molecule has 0 spiro atoms. The molecule has 1 radical (unpaired) electrons. The van der Waals surface area contributed by atoms with E-state index < -0.39 is 11.9 Å². The van der Waals surface area contributed by atoms with Gasteiger partial charge in [-0.1, -0.05) is 0 Å². The summed E-state index contributed by atoms with van der Waals surface area (Å²) >= 11 is 0.